The van der Waals surface area contributed by atoms with Crippen LogP contribution in [0.2, 0.25) is 0 Å². The molecule has 0 heterocycles. The summed E-state index contributed by atoms with van der Waals surface area (Å²) in [6.07, 6.45) is 0.877. The molecule has 40 heavy (non-hydrogen) atoms. The SMILES string of the molecule is CCOc1ccc(CC(=O)CNCCC(=O)N(C)[C@@H](Cc2ccccc2)C(=O)NCc2ccc(CN)cc2)cc1. The number of Topliss-reactive ketones (excluding diaryl/α,β-unsaturated/α-hetero) is 1. The molecule has 0 saturated heterocycles. The summed E-state index contributed by atoms with van der Waals surface area (Å²) in [5, 5.41) is 6.04. The molecule has 0 bridgehead atoms. The smallest absolute Gasteiger partial charge is 0.243 e. The van der Waals surface area contributed by atoms with Crippen molar-refractivity contribution in [2.24, 2.45) is 5.73 Å². The van der Waals surface area contributed by atoms with Gasteiger partial charge in [0.15, 0.2) is 5.78 Å². The van der Waals surface area contributed by atoms with Crippen LogP contribution in [0.3, 0.4) is 0 Å². The number of ether oxygens (including phenoxy) is 1. The van der Waals surface area contributed by atoms with Crippen LogP contribution in [0.25, 0.3) is 0 Å². The van der Waals surface area contributed by atoms with Crippen molar-refractivity contribution in [1.82, 2.24) is 15.5 Å². The molecule has 4 N–H and O–H groups in total. The molecule has 0 aliphatic heterocycles. The van der Waals surface area contributed by atoms with Crippen LogP contribution in [0, 0.1) is 0 Å². The third-order valence-corrected chi connectivity index (χ3v) is 6.63. The van der Waals surface area contributed by atoms with Gasteiger partial charge >= 0.3 is 0 Å². The van der Waals surface area contributed by atoms with Gasteiger partial charge in [-0.3, -0.25) is 14.4 Å². The number of hydrogen-bond acceptors (Lipinski definition) is 6. The Morgan fingerprint density at radius 1 is 0.875 bits per heavy atom. The van der Waals surface area contributed by atoms with Crippen molar-refractivity contribution in [1.29, 1.82) is 0 Å². The van der Waals surface area contributed by atoms with Gasteiger partial charge in [0.2, 0.25) is 11.8 Å². The lowest BCUT2D eigenvalue weighted by Crippen LogP contribution is -2.49. The summed E-state index contributed by atoms with van der Waals surface area (Å²) in [6.45, 7) is 3.85. The third-order valence-electron chi connectivity index (χ3n) is 6.63. The predicted octanol–water partition coefficient (Wildman–Crippen LogP) is 3.02. The Kier molecular flexibility index (Phi) is 12.3. The molecule has 0 aromatic heterocycles. The largest absolute Gasteiger partial charge is 0.494 e. The van der Waals surface area contributed by atoms with Gasteiger partial charge in [-0.25, -0.2) is 0 Å². The number of benzene rings is 3. The Morgan fingerprint density at radius 3 is 2.17 bits per heavy atom. The molecule has 3 rings (SSSR count). The lowest BCUT2D eigenvalue weighted by molar-refractivity contribution is -0.139. The summed E-state index contributed by atoms with van der Waals surface area (Å²) in [5.74, 6) is 0.418. The Bertz CT molecular complexity index is 1210. The topological polar surface area (TPSA) is 114 Å². The molecular weight excluding hydrogens is 504 g/mol. The molecule has 0 radical (unpaired) electrons. The van der Waals surface area contributed by atoms with E-state index in [-0.39, 0.29) is 30.6 Å². The minimum Gasteiger partial charge on any atom is -0.494 e. The molecule has 0 aliphatic carbocycles. The molecule has 3 aromatic rings. The first-order valence-corrected chi connectivity index (χ1v) is 13.7. The maximum absolute atomic E-state index is 13.2. The summed E-state index contributed by atoms with van der Waals surface area (Å²) in [4.78, 5) is 40.2. The number of nitrogens with one attached hydrogen (secondary N) is 2. The normalized spacial score (nSPS) is 11.5. The summed E-state index contributed by atoms with van der Waals surface area (Å²) in [5.41, 5.74) is 9.52. The van der Waals surface area contributed by atoms with Gasteiger partial charge in [-0.2, -0.15) is 0 Å². The Hall–Kier alpha value is -4.01. The van der Waals surface area contributed by atoms with Crippen molar-refractivity contribution in [2.75, 3.05) is 26.7 Å². The first kappa shape index (κ1) is 30.5. The molecule has 212 valence electrons. The van der Waals surface area contributed by atoms with Crippen molar-refractivity contribution in [3.8, 4) is 5.75 Å². The van der Waals surface area contributed by atoms with E-state index >= 15 is 0 Å². The number of amides is 2. The maximum Gasteiger partial charge on any atom is 0.243 e. The minimum absolute atomic E-state index is 0.0331. The van der Waals surface area contributed by atoms with Crippen LogP contribution < -0.4 is 21.1 Å². The Labute approximate surface area is 236 Å². The number of rotatable bonds is 16. The molecule has 0 unspecified atom stereocenters. The van der Waals surface area contributed by atoms with Crippen LogP contribution in [0.5, 0.6) is 5.75 Å². The standard InChI is InChI=1S/C32H40N4O4/c1-3-40-29-15-13-25(14-16-29)19-28(37)23-34-18-17-31(38)36(2)30(20-24-7-5-4-6-8-24)32(39)35-22-27-11-9-26(21-33)10-12-27/h4-16,30,34H,3,17-23,33H2,1-2H3,(H,35,39)/t30-/m0/s1. The zero-order chi connectivity index (χ0) is 28.7. The van der Waals surface area contributed by atoms with Crippen molar-refractivity contribution < 1.29 is 19.1 Å². The first-order valence-electron chi connectivity index (χ1n) is 13.7. The quantitative estimate of drug-likeness (QED) is 0.239. The van der Waals surface area contributed by atoms with Gasteiger partial charge < -0.3 is 26.0 Å². The lowest BCUT2D eigenvalue weighted by atomic mass is 10.0. The molecule has 8 nitrogen and oxygen atoms in total. The van der Waals surface area contributed by atoms with Crippen molar-refractivity contribution in [3.05, 3.63) is 101 Å². The van der Waals surface area contributed by atoms with E-state index in [4.69, 9.17) is 10.5 Å². The highest BCUT2D eigenvalue weighted by atomic mass is 16.5. The molecule has 8 heteroatoms. The second-order valence-corrected chi connectivity index (χ2v) is 9.67. The van der Waals surface area contributed by atoms with E-state index in [2.05, 4.69) is 10.6 Å². The number of hydrogen-bond donors (Lipinski definition) is 3. The number of carbonyl (C=O) groups is 3. The van der Waals surface area contributed by atoms with E-state index in [9.17, 15) is 14.4 Å². The minimum atomic E-state index is -0.667. The van der Waals surface area contributed by atoms with Crippen LogP contribution in [0.1, 0.15) is 35.6 Å². The second-order valence-electron chi connectivity index (χ2n) is 9.67. The van der Waals surface area contributed by atoms with Crippen LogP contribution in [-0.4, -0.2) is 55.3 Å². The van der Waals surface area contributed by atoms with Crippen molar-refractivity contribution in [3.63, 3.8) is 0 Å². The lowest BCUT2D eigenvalue weighted by Gasteiger charge is -2.28. The van der Waals surface area contributed by atoms with Crippen LogP contribution in [0.15, 0.2) is 78.9 Å². The van der Waals surface area contributed by atoms with Crippen LogP contribution in [0.4, 0.5) is 0 Å². The summed E-state index contributed by atoms with van der Waals surface area (Å²) >= 11 is 0. The fourth-order valence-corrected chi connectivity index (χ4v) is 4.28. The molecule has 0 fully saturated rings. The maximum atomic E-state index is 13.2. The fourth-order valence-electron chi connectivity index (χ4n) is 4.28. The van der Waals surface area contributed by atoms with Gasteiger partial charge in [-0.15, -0.1) is 0 Å². The van der Waals surface area contributed by atoms with Gasteiger partial charge in [0.05, 0.1) is 13.2 Å². The van der Waals surface area contributed by atoms with Gasteiger partial charge in [0.1, 0.15) is 11.8 Å². The van der Waals surface area contributed by atoms with Gasteiger partial charge in [0, 0.05) is 45.9 Å². The first-order chi connectivity index (χ1) is 19.4. The van der Waals surface area contributed by atoms with Gasteiger partial charge in [0.25, 0.3) is 0 Å². The number of nitrogens with zero attached hydrogens (tertiary/aromatic N) is 1. The average Bonchev–Trinajstić information content (AvgIpc) is 2.98. The van der Waals surface area contributed by atoms with E-state index in [1.54, 1.807) is 7.05 Å². The highest BCUT2D eigenvalue weighted by Gasteiger charge is 2.27. The van der Waals surface area contributed by atoms with Crippen molar-refractivity contribution >= 4 is 17.6 Å². The molecule has 2 amide bonds. The van der Waals surface area contributed by atoms with E-state index in [1.807, 2.05) is 85.8 Å². The second kappa shape index (κ2) is 16.2. The van der Waals surface area contributed by atoms with Crippen molar-refractivity contribution in [2.45, 2.75) is 45.3 Å². The zero-order valence-corrected chi connectivity index (χ0v) is 23.4. The van der Waals surface area contributed by atoms with E-state index in [0.717, 1.165) is 28.0 Å². The molecule has 0 saturated carbocycles. The van der Waals surface area contributed by atoms with Crippen LogP contribution in [-0.2, 0) is 40.3 Å². The van der Waals surface area contributed by atoms with E-state index in [1.165, 1.54) is 4.90 Å². The predicted molar refractivity (Wildman–Crippen MR) is 157 cm³/mol. The highest BCUT2D eigenvalue weighted by molar-refractivity contribution is 5.88. The highest BCUT2D eigenvalue weighted by Crippen LogP contribution is 2.13. The number of nitrogens with two attached hydrogens (primary N) is 1. The molecule has 3 aromatic carbocycles. The zero-order valence-electron chi connectivity index (χ0n) is 23.4. The fraction of sp³-hybridized carbons (Fsp3) is 0.344. The van der Waals surface area contributed by atoms with E-state index in [0.29, 0.717) is 39.1 Å². The Balaban J connectivity index is 1.50. The average molecular weight is 545 g/mol. The third kappa shape index (κ3) is 9.94. The number of ketones is 1. The number of likely N-dealkylation sites (N-methyl/N-ethyl adjacent to an activating group) is 1. The van der Waals surface area contributed by atoms with E-state index < -0.39 is 6.04 Å². The summed E-state index contributed by atoms with van der Waals surface area (Å²) < 4.78 is 5.43. The van der Waals surface area contributed by atoms with Gasteiger partial charge in [-0.05, 0) is 41.3 Å². The number of carbonyl (C=O) groups excluding carboxylic acids is 3. The van der Waals surface area contributed by atoms with Gasteiger partial charge in [-0.1, -0.05) is 66.7 Å². The molecule has 1 atom stereocenters. The monoisotopic (exact) mass is 544 g/mol. The molecule has 0 spiro atoms. The molecule has 0 aliphatic rings. The molecular formula is C32H40N4O4. The Morgan fingerprint density at radius 2 is 1.52 bits per heavy atom. The van der Waals surface area contributed by atoms with Crippen LogP contribution >= 0.6 is 0 Å². The summed E-state index contributed by atoms with van der Waals surface area (Å²) in [6, 6.07) is 24.2. The summed E-state index contributed by atoms with van der Waals surface area (Å²) in [7, 11) is 1.66.